The second-order valence-corrected chi connectivity index (χ2v) is 7.22. The summed E-state index contributed by atoms with van der Waals surface area (Å²) in [6.45, 7) is 0. The molecule has 0 radical (unpaired) electrons. The van der Waals surface area contributed by atoms with Gasteiger partial charge in [-0.1, -0.05) is 60.7 Å². The molecule has 138 valence electrons. The molecule has 0 unspecified atom stereocenters. The Hall–Kier alpha value is -3.84. The molecule has 0 aliphatic carbocycles. The van der Waals surface area contributed by atoms with Crippen molar-refractivity contribution in [3.8, 4) is 0 Å². The van der Waals surface area contributed by atoms with E-state index in [-0.39, 0.29) is 0 Å². The van der Waals surface area contributed by atoms with Crippen LogP contribution >= 0.6 is 0 Å². The number of benzene rings is 5. The van der Waals surface area contributed by atoms with Gasteiger partial charge in [0.05, 0.1) is 0 Å². The maximum absolute atomic E-state index is 2.92. The van der Waals surface area contributed by atoms with Gasteiger partial charge in [-0.3, -0.25) is 0 Å². The molecule has 1 heterocycles. The van der Waals surface area contributed by atoms with Gasteiger partial charge in [-0.05, 0) is 91.6 Å². The molecule has 1 aliphatic rings. The standard InChI is InChI=1S/C22H14.C6H7N/c1-2-6-16-10-20-14-22-12-18-8-4-3-7-17(18)11-21(22)13-19(20)9-15(16)5-1;1-2-4-6-7-5-3-1/h1-14H;1-7H. The molecular weight excluding hydrogens is 350 g/mol. The third kappa shape index (κ3) is 3.63. The van der Waals surface area contributed by atoms with Crippen molar-refractivity contribution in [1.29, 1.82) is 0 Å². The summed E-state index contributed by atoms with van der Waals surface area (Å²) < 4.78 is 0. The Balaban J connectivity index is 0.000000222. The normalized spacial score (nSPS) is 12.7. The lowest BCUT2D eigenvalue weighted by molar-refractivity contribution is 1.20. The van der Waals surface area contributed by atoms with E-state index in [1.807, 2.05) is 36.7 Å². The van der Waals surface area contributed by atoms with Gasteiger partial charge in [-0.15, -0.1) is 0 Å². The first-order chi connectivity index (χ1) is 14.4. The topological polar surface area (TPSA) is 12.0 Å². The van der Waals surface area contributed by atoms with Gasteiger partial charge in [0.2, 0.25) is 0 Å². The molecule has 0 aromatic heterocycles. The number of allylic oxidation sites excluding steroid dienone is 4. The highest BCUT2D eigenvalue weighted by atomic mass is 14.8. The lowest BCUT2D eigenvalue weighted by Crippen LogP contribution is -1.87. The third-order valence-corrected chi connectivity index (χ3v) is 5.24. The summed E-state index contributed by atoms with van der Waals surface area (Å²) in [5.41, 5.74) is 0. The first-order valence-corrected chi connectivity index (χ1v) is 9.86. The van der Waals surface area contributed by atoms with Crippen molar-refractivity contribution in [2.45, 2.75) is 0 Å². The van der Waals surface area contributed by atoms with E-state index in [1.165, 1.54) is 43.1 Å². The van der Waals surface area contributed by atoms with Crippen LogP contribution in [0.15, 0.2) is 122 Å². The van der Waals surface area contributed by atoms with Crippen LogP contribution in [0.5, 0.6) is 0 Å². The molecule has 0 atom stereocenters. The summed E-state index contributed by atoms with van der Waals surface area (Å²) >= 11 is 0. The lowest BCUT2D eigenvalue weighted by Gasteiger charge is -2.07. The van der Waals surface area contributed by atoms with Crippen molar-refractivity contribution < 1.29 is 0 Å². The zero-order valence-electron chi connectivity index (χ0n) is 16.0. The van der Waals surface area contributed by atoms with Crippen LogP contribution in [-0.2, 0) is 0 Å². The second-order valence-electron chi connectivity index (χ2n) is 7.22. The minimum Gasteiger partial charge on any atom is -0.368 e. The van der Waals surface area contributed by atoms with Crippen LogP contribution < -0.4 is 5.32 Å². The molecule has 1 nitrogen and oxygen atoms in total. The maximum atomic E-state index is 2.92. The molecule has 6 rings (SSSR count). The van der Waals surface area contributed by atoms with E-state index in [0.29, 0.717) is 0 Å². The number of hydrogen-bond donors (Lipinski definition) is 1. The number of rotatable bonds is 0. The van der Waals surface area contributed by atoms with Crippen molar-refractivity contribution in [1.82, 2.24) is 5.32 Å². The van der Waals surface area contributed by atoms with Crippen molar-refractivity contribution in [3.63, 3.8) is 0 Å². The zero-order valence-corrected chi connectivity index (χ0v) is 16.0. The van der Waals surface area contributed by atoms with E-state index in [4.69, 9.17) is 0 Å². The van der Waals surface area contributed by atoms with Gasteiger partial charge in [0.15, 0.2) is 0 Å². The summed E-state index contributed by atoms with van der Waals surface area (Å²) in [6, 6.07) is 30.9. The summed E-state index contributed by atoms with van der Waals surface area (Å²) in [5.74, 6) is 0. The average Bonchev–Trinajstić information content (AvgIpc) is 3.08. The molecule has 5 aromatic rings. The van der Waals surface area contributed by atoms with Gasteiger partial charge in [-0.2, -0.15) is 0 Å². The number of hydrogen-bond acceptors (Lipinski definition) is 1. The lowest BCUT2D eigenvalue weighted by atomic mass is 9.97. The second kappa shape index (κ2) is 7.65. The van der Waals surface area contributed by atoms with Crippen LogP contribution in [0, 0.1) is 0 Å². The Bertz CT molecular complexity index is 1220. The number of nitrogens with one attached hydrogen (secondary N) is 1. The highest BCUT2D eigenvalue weighted by Crippen LogP contribution is 2.29. The van der Waals surface area contributed by atoms with Crippen LogP contribution in [0.25, 0.3) is 43.1 Å². The first kappa shape index (κ1) is 17.3. The van der Waals surface area contributed by atoms with Gasteiger partial charge in [0.1, 0.15) is 0 Å². The first-order valence-electron chi connectivity index (χ1n) is 9.86. The molecule has 0 spiro atoms. The van der Waals surface area contributed by atoms with E-state index in [2.05, 4.69) is 90.2 Å². The molecule has 29 heavy (non-hydrogen) atoms. The highest BCUT2D eigenvalue weighted by Gasteiger charge is 2.02. The van der Waals surface area contributed by atoms with Gasteiger partial charge >= 0.3 is 0 Å². The van der Waals surface area contributed by atoms with Crippen molar-refractivity contribution >= 4 is 43.1 Å². The summed E-state index contributed by atoms with van der Waals surface area (Å²) in [4.78, 5) is 0. The Morgan fingerprint density at radius 3 is 1.00 bits per heavy atom. The predicted octanol–water partition coefficient (Wildman–Crippen LogP) is 7.47. The predicted molar refractivity (Wildman–Crippen MR) is 127 cm³/mol. The molecule has 1 heteroatoms. The number of fused-ring (bicyclic) bond motifs is 4. The summed E-state index contributed by atoms with van der Waals surface area (Å²) in [6.07, 6.45) is 11.6. The summed E-state index contributed by atoms with van der Waals surface area (Å²) in [7, 11) is 0. The maximum Gasteiger partial charge on any atom is 0.000442 e. The van der Waals surface area contributed by atoms with Crippen molar-refractivity contribution in [2.24, 2.45) is 0 Å². The van der Waals surface area contributed by atoms with Crippen LogP contribution in [0.1, 0.15) is 0 Å². The molecule has 0 saturated carbocycles. The van der Waals surface area contributed by atoms with Gasteiger partial charge in [-0.25, -0.2) is 0 Å². The minimum absolute atomic E-state index is 1.30. The fourth-order valence-electron chi connectivity index (χ4n) is 3.79. The van der Waals surface area contributed by atoms with Crippen LogP contribution in [0.4, 0.5) is 0 Å². The molecule has 0 amide bonds. The fourth-order valence-corrected chi connectivity index (χ4v) is 3.79. The van der Waals surface area contributed by atoms with E-state index in [0.717, 1.165) is 0 Å². The van der Waals surface area contributed by atoms with Gasteiger partial charge in [0, 0.05) is 12.4 Å². The largest absolute Gasteiger partial charge is 0.368 e. The Morgan fingerprint density at radius 2 is 0.655 bits per heavy atom. The van der Waals surface area contributed by atoms with Gasteiger partial charge < -0.3 is 5.32 Å². The third-order valence-electron chi connectivity index (χ3n) is 5.24. The van der Waals surface area contributed by atoms with Crippen molar-refractivity contribution in [3.05, 3.63) is 122 Å². The Labute approximate surface area is 170 Å². The molecule has 0 bridgehead atoms. The fraction of sp³-hybridized carbons (Fsp3) is 0. The molecular formula is C28H21N. The van der Waals surface area contributed by atoms with E-state index < -0.39 is 0 Å². The van der Waals surface area contributed by atoms with E-state index >= 15 is 0 Å². The highest BCUT2D eigenvalue weighted by molar-refractivity contribution is 6.08. The Morgan fingerprint density at radius 1 is 0.345 bits per heavy atom. The van der Waals surface area contributed by atoms with Crippen LogP contribution in [-0.4, -0.2) is 0 Å². The minimum atomic E-state index is 1.30. The average molecular weight is 371 g/mol. The smallest absolute Gasteiger partial charge is 0.000442 e. The molecule has 0 saturated heterocycles. The zero-order chi connectivity index (χ0) is 19.5. The SMILES string of the molecule is C1=CC=CNC=C1.c1ccc2cc3cc4cc5ccccc5cc4cc3cc2c1. The summed E-state index contributed by atoms with van der Waals surface area (Å²) in [5, 5.41) is 13.4. The molecule has 0 fully saturated rings. The quantitative estimate of drug-likeness (QED) is 0.278. The monoisotopic (exact) mass is 371 g/mol. The van der Waals surface area contributed by atoms with Gasteiger partial charge in [0.25, 0.3) is 0 Å². The van der Waals surface area contributed by atoms with E-state index in [9.17, 15) is 0 Å². The molecule has 1 aliphatic heterocycles. The van der Waals surface area contributed by atoms with Crippen LogP contribution in [0.3, 0.4) is 0 Å². The Kier molecular flexibility index (Phi) is 4.56. The van der Waals surface area contributed by atoms with E-state index in [1.54, 1.807) is 0 Å². The molecule has 5 aromatic carbocycles. The molecule has 1 N–H and O–H groups in total. The van der Waals surface area contributed by atoms with Crippen molar-refractivity contribution in [2.75, 3.05) is 0 Å². The van der Waals surface area contributed by atoms with Crippen LogP contribution in [0.2, 0.25) is 0 Å².